The third-order valence-corrected chi connectivity index (χ3v) is 10.5. The molecule has 230 valence electrons. The topological polar surface area (TPSA) is 117 Å². The number of thiazole rings is 1. The molecule has 0 unspecified atom stereocenters. The number of hydrogen-bond acceptors (Lipinski definition) is 6. The van der Waals surface area contributed by atoms with E-state index in [9.17, 15) is 23.1 Å². The Hall–Kier alpha value is -3.73. The molecule has 8 nitrogen and oxygen atoms in total. The molecule has 11 heteroatoms. The van der Waals surface area contributed by atoms with Crippen LogP contribution in [-0.2, 0) is 14.6 Å². The van der Waals surface area contributed by atoms with Crippen molar-refractivity contribution < 1.29 is 23.1 Å². The lowest BCUT2D eigenvalue weighted by molar-refractivity contribution is -0.143. The number of sulfone groups is 1. The van der Waals surface area contributed by atoms with Crippen molar-refractivity contribution in [2.24, 2.45) is 5.92 Å². The van der Waals surface area contributed by atoms with Gasteiger partial charge in [-0.1, -0.05) is 95.7 Å². The first-order valence-electron chi connectivity index (χ1n) is 14.5. The summed E-state index contributed by atoms with van der Waals surface area (Å²) in [6.45, 7) is 0.460. The van der Waals surface area contributed by atoms with E-state index in [0.717, 1.165) is 28.7 Å². The number of urea groups is 1. The van der Waals surface area contributed by atoms with Gasteiger partial charge in [-0.15, -0.1) is 0 Å². The minimum Gasteiger partial charge on any atom is -0.481 e. The Morgan fingerprint density at radius 1 is 0.955 bits per heavy atom. The van der Waals surface area contributed by atoms with Crippen LogP contribution in [0.15, 0.2) is 89.8 Å². The van der Waals surface area contributed by atoms with E-state index in [2.05, 4.69) is 34.6 Å². The molecule has 1 fully saturated rings. The van der Waals surface area contributed by atoms with E-state index < -0.39 is 21.7 Å². The highest BCUT2D eigenvalue weighted by molar-refractivity contribution is 7.90. The van der Waals surface area contributed by atoms with Gasteiger partial charge < -0.3 is 10.0 Å². The molecule has 0 spiro atoms. The molecule has 0 aliphatic heterocycles. The highest BCUT2D eigenvalue weighted by atomic mass is 35.5. The van der Waals surface area contributed by atoms with Crippen molar-refractivity contribution in [2.75, 3.05) is 18.1 Å². The van der Waals surface area contributed by atoms with Gasteiger partial charge in [0.2, 0.25) is 0 Å². The zero-order chi connectivity index (χ0) is 31.3. The normalized spacial score (nSPS) is 16.9. The van der Waals surface area contributed by atoms with Gasteiger partial charge in [0.05, 0.1) is 10.8 Å². The van der Waals surface area contributed by atoms with Crippen molar-refractivity contribution in [2.45, 2.75) is 49.0 Å². The first-order chi connectivity index (χ1) is 21.1. The Kier molecular flexibility index (Phi) is 10.0. The highest BCUT2D eigenvalue weighted by Gasteiger charge is 2.32. The Morgan fingerprint density at radius 2 is 1.52 bits per heavy atom. The van der Waals surface area contributed by atoms with E-state index in [1.807, 2.05) is 41.3 Å². The SMILES string of the molecule is CS(=O)(=O)c1ccc(-c2nc(NC(=O)N(CCC(c3ccccc3)c3ccccc3)C3CCC(C(=O)O)CC3)sc2Cl)cc1. The number of carboxylic acids is 1. The van der Waals surface area contributed by atoms with Gasteiger partial charge in [0.1, 0.15) is 10.0 Å². The fourth-order valence-electron chi connectivity index (χ4n) is 5.81. The van der Waals surface area contributed by atoms with Gasteiger partial charge >= 0.3 is 12.0 Å². The molecule has 1 aliphatic rings. The third-order valence-electron chi connectivity index (χ3n) is 8.17. The van der Waals surface area contributed by atoms with E-state index in [-0.39, 0.29) is 22.9 Å². The van der Waals surface area contributed by atoms with Crippen LogP contribution >= 0.6 is 22.9 Å². The van der Waals surface area contributed by atoms with Crippen LogP contribution in [0, 0.1) is 5.92 Å². The van der Waals surface area contributed by atoms with Crippen molar-refractivity contribution in [1.29, 1.82) is 0 Å². The molecule has 0 atom stereocenters. The Morgan fingerprint density at radius 3 is 2.05 bits per heavy atom. The molecule has 0 saturated heterocycles. The maximum atomic E-state index is 13.9. The highest BCUT2D eigenvalue weighted by Crippen LogP contribution is 2.37. The van der Waals surface area contributed by atoms with Gasteiger partial charge in [-0.3, -0.25) is 10.1 Å². The maximum absolute atomic E-state index is 13.9. The van der Waals surface area contributed by atoms with Crippen LogP contribution in [0.25, 0.3) is 11.3 Å². The summed E-state index contributed by atoms with van der Waals surface area (Å²) >= 11 is 7.66. The summed E-state index contributed by atoms with van der Waals surface area (Å²) in [7, 11) is -3.34. The Balaban J connectivity index is 1.37. The van der Waals surface area contributed by atoms with E-state index in [0.29, 0.717) is 59.4 Å². The summed E-state index contributed by atoms with van der Waals surface area (Å²) in [5, 5.41) is 12.8. The van der Waals surface area contributed by atoms with Crippen molar-refractivity contribution in [3.63, 3.8) is 0 Å². The van der Waals surface area contributed by atoms with E-state index in [1.54, 1.807) is 12.1 Å². The van der Waals surface area contributed by atoms with Crippen LogP contribution in [0.1, 0.15) is 49.1 Å². The lowest BCUT2D eigenvalue weighted by atomic mass is 9.84. The van der Waals surface area contributed by atoms with Gasteiger partial charge in [-0.2, -0.15) is 0 Å². The number of nitrogens with one attached hydrogen (secondary N) is 1. The average molecular weight is 652 g/mol. The first-order valence-corrected chi connectivity index (χ1v) is 17.6. The van der Waals surface area contributed by atoms with Crippen LogP contribution in [0.2, 0.25) is 4.34 Å². The standard InChI is InChI=1S/C33H34ClN3O5S2/c1-44(41,42)27-18-14-24(15-19-27)29-30(34)43-32(35-29)36-33(40)37(26-16-12-25(13-17-26)31(38)39)21-20-28(22-8-4-2-5-9-22)23-10-6-3-7-11-23/h2-11,14-15,18-19,25-26,28H,12-13,16-17,20-21H2,1H3,(H,38,39)(H,35,36,40). The zero-order valence-electron chi connectivity index (χ0n) is 24.2. The Bertz CT molecular complexity index is 1650. The molecular weight excluding hydrogens is 618 g/mol. The summed E-state index contributed by atoms with van der Waals surface area (Å²) in [4.78, 5) is 32.1. The largest absolute Gasteiger partial charge is 0.481 e. The predicted molar refractivity (Wildman–Crippen MR) is 174 cm³/mol. The van der Waals surface area contributed by atoms with Gasteiger partial charge in [0.25, 0.3) is 0 Å². The van der Waals surface area contributed by atoms with E-state index >= 15 is 0 Å². The fraction of sp³-hybridized carbons (Fsp3) is 0.303. The van der Waals surface area contributed by atoms with Crippen molar-refractivity contribution in [1.82, 2.24) is 9.88 Å². The number of hydrogen-bond donors (Lipinski definition) is 2. The number of rotatable bonds is 10. The van der Waals surface area contributed by atoms with E-state index in [4.69, 9.17) is 11.6 Å². The number of aliphatic carboxylic acids is 1. The minimum absolute atomic E-state index is 0.0684. The van der Waals surface area contributed by atoms with E-state index in [1.165, 1.54) is 12.1 Å². The minimum atomic E-state index is -3.34. The summed E-state index contributed by atoms with van der Waals surface area (Å²) in [6, 6.07) is 26.3. The molecular formula is C33H34ClN3O5S2. The number of halogens is 1. The van der Waals surface area contributed by atoms with Crippen molar-refractivity contribution in [3.8, 4) is 11.3 Å². The number of carbonyl (C=O) groups is 2. The molecule has 2 N–H and O–H groups in total. The Labute approximate surface area is 266 Å². The lowest BCUT2D eigenvalue weighted by Gasteiger charge is -2.36. The van der Waals surface area contributed by atoms with Crippen molar-refractivity contribution in [3.05, 3.63) is 100 Å². The molecule has 0 bridgehead atoms. The summed E-state index contributed by atoms with van der Waals surface area (Å²) in [6.07, 6.45) is 4.05. The quantitative estimate of drug-likeness (QED) is 0.183. The number of nitrogens with zero attached hydrogens (tertiary/aromatic N) is 2. The second kappa shape index (κ2) is 13.9. The molecule has 1 saturated carbocycles. The first kappa shape index (κ1) is 31.7. The number of carboxylic acid groups (broad SMARTS) is 1. The van der Waals surface area contributed by atoms with Gasteiger partial charge in [0, 0.05) is 30.3 Å². The molecule has 0 radical (unpaired) electrons. The summed E-state index contributed by atoms with van der Waals surface area (Å²) in [5.41, 5.74) is 3.41. The number of benzene rings is 3. The molecule has 1 heterocycles. The van der Waals surface area contributed by atoms with Crippen LogP contribution in [-0.4, -0.2) is 54.3 Å². The second-order valence-corrected chi connectivity index (χ2v) is 14.7. The molecule has 4 aromatic rings. The second-order valence-electron chi connectivity index (χ2n) is 11.1. The monoisotopic (exact) mass is 651 g/mol. The predicted octanol–water partition coefficient (Wildman–Crippen LogP) is 7.57. The van der Waals surface area contributed by atoms with Crippen LogP contribution in [0.4, 0.5) is 9.93 Å². The average Bonchev–Trinajstić information content (AvgIpc) is 3.39. The van der Waals surface area contributed by atoms with Crippen LogP contribution in [0.5, 0.6) is 0 Å². The van der Waals surface area contributed by atoms with Gasteiger partial charge in [-0.25, -0.2) is 18.2 Å². The van der Waals surface area contributed by atoms with Gasteiger partial charge in [-0.05, 0) is 55.4 Å². The summed E-state index contributed by atoms with van der Waals surface area (Å²) < 4.78 is 24.1. The molecule has 3 aromatic carbocycles. The third kappa shape index (κ3) is 7.67. The molecule has 44 heavy (non-hydrogen) atoms. The van der Waals surface area contributed by atoms with Crippen molar-refractivity contribution >= 4 is 49.9 Å². The number of anilines is 1. The fourth-order valence-corrected chi connectivity index (χ4v) is 7.51. The number of carbonyl (C=O) groups excluding carboxylic acids is 1. The zero-order valence-corrected chi connectivity index (χ0v) is 26.6. The summed E-state index contributed by atoms with van der Waals surface area (Å²) in [5.74, 6) is -1.12. The molecule has 2 amide bonds. The van der Waals surface area contributed by atoms with Gasteiger partial charge in [0.15, 0.2) is 15.0 Å². The molecule has 1 aromatic heterocycles. The smallest absolute Gasteiger partial charge is 0.323 e. The number of aromatic nitrogens is 1. The number of amides is 2. The lowest BCUT2D eigenvalue weighted by Crippen LogP contribution is -2.46. The maximum Gasteiger partial charge on any atom is 0.323 e. The van der Waals surface area contributed by atoms with Crippen LogP contribution < -0.4 is 5.32 Å². The molecule has 1 aliphatic carbocycles. The van der Waals surface area contributed by atoms with Crippen LogP contribution in [0.3, 0.4) is 0 Å². The molecule has 5 rings (SSSR count).